The highest BCUT2D eigenvalue weighted by molar-refractivity contribution is 7.19. The van der Waals surface area contributed by atoms with E-state index in [9.17, 15) is 9.18 Å². The van der Waals surface area contributed by atoms with Crippen LogP contribution in [-0.2, 0) is 0 Å². The van der Waals surface area contributed by atoms with E-state index in [0.717, 1.165) is 29.9 Å². The smallest absolute Gasteiger partial charge is 0.268 e. The van der Waals surface area contributed by atoms with Gasteiger partial charge in [-0.05, 0) is 49.2 Å². The van der Waals surface area contributed by atoms with Gasteiger partial charge in [-0.1, -0.05) is 11.3 Å². The molecule has 1 aliphatic carbocycles. The first-order valence-corrected chi connectivity index (χ1v) is 9.96. The molecule has 0 spiro atoms. The third-order valence-corrected chi connectivity index (χ3v) is 5.84. The summed E-state index contributed by atoms with van der Waals surface area (Å²) in [5.74, 6) is -0.853. The Bertz CT molecular complexity index is 1160. The Hall–Kier alpha value is -3.46. The second-order valence-electron chi connectivity index (χ2n) is 6.84. The van der Waals surface area contributed by atoms with Gasteiger partial charge in [0.15, 0.2) is 10.8 Å². The zero-order valence-electron chi connectivity index (χ0n) is 15.2. The predicted molar refractivity (Wildman–Crippen MR) is 109 cm³/mol. The Morgan fingerprint density at radius 1 is 1.28 bits per heavy atom. The minimum Gasteiger partial charge on any atom is -0.364 e. The highest BCUT2D eigenvalue weighted by Gasteiger charge is 2.34. The number of thiazole rings is 1. The maximum absolute atomic E-state index is 13.2. The quantitative estimate of drug-likeness (QED) is 0.507. The standard InChI is InChI=1S/C20H17FN6OS/c21-12-3-5-13(6-4-12)26-11-15(10-24-26)27(14-7-8-14)20-25-17(19(22)28)18(29-20)16-2-1-9-23-16/h1-6,9-11,14,23H,7-8H2,(H2,22,28). The lowest BCUT2D eigenvalue weighted by Gasteiger charge is -2.19. The fourth-order valence-corrected chi connectivity index (χ4v) is 4.37. The van der Waals surface area contributed by atoms with E-state index in [-0.39, 0.29) is 11.5 Å². The summed E-state index contributed by atoms with van der Waals surface area (Å²) in [5.41, 5.74) is 8.26. The van der Waals surface area contributed by atoms with Gasteiger partial charge < -0.3 is 15.6 Å². The van der Waals surface area contributed by atoms with Crippen LogP contribution in [0.5, 0.6) is 0 Å². The number of anilines is 2. The molecular formula is C20H17FN6OS. The van der Waals surface area contributed by atoms with Gasteiger partial charge in [0.05, 0.1) is 34.3 Å². The topological polar surface area (TPSA) is 92.8 Å². The number of rotatable bonds is 6. The molecule has 0 bridgehead atoms. The Balaban J connectivity index is 1.54. The molecule has 1 amide bonds. The summed E-state index contributed by atoms with van der Waals surface area (Å²) in [5, 5.41) is 5.12. The number of aromatic nitrogens is 4. The van der Waals surface area contributed by atoms with E-state index in [0.29, 0.717) is 16.1 Å². The number of H-pyrrole nitrogens is 1. The third-order valence-electron chi connectivity index (χ3n) is 4.75. The molecule has 0 atom stereocenters. The van der Waals surface area contributed by atoms with Crippen LogP contribution in [0.15, 0.2) is 55.0 Å². The summed E-state index contributed by atoms with van der Waals surface area (Å²) < 4.78 is 14.9. The Kier molecular flexibility index (Phi) is 4.17. The van der Waals surface area contributed by atoms with Crippen molar-refractivity contribution < 1.29 is 9.18 Å². The number of nitrogens with two attached hydrogens (primary N) is 1. The largest absolute Gasteiger partial charge is 0.364 e. The number of hydrogen-bond donors (Lipinski definition) is 2. The number of nitrogens with zero attached hydrogens (tertiary/aromatic N) is 4. The van der Waals surface area contributed by atoms with Gasteiger partial charge in [0, 0.05) is 12.2 Å². The van der Waals surface area contributed by atoms with Gasteiger partial charge in [-0.3, -0.25) is 4.79 Å². The Morgan fingerprint density at radius 2 is 2.07 bits per heavy atom. The fraction of sp³-hybridized carbons (Fsp3) is 0.150. The molecule has 1 aliphatic rings. The van der Waals surface area contributed by atoms with Gasteiger partial charge in [-0.25, -0.2) is 14.1 Å². The van der Waals surface area contributed by atoms with Crippen LogP contribution in [0.3, 0.4) is 0 Å². The number of amides is 1. The first kappa shape index (κ1) is 17.6. The van der Waals surface area contributed by atoms with Crippen molar-refractivity contribution in [2.24, 2.45) is 5.73 Å². The summed E-state index contributed by atoms with van der Waals surface area (Å²) in [6.45, 7) is 0. The first-order valence-electron chi connectivity index (χ1n) is 9.14. The first-order chi connectivity index (χ1) is 14.1. The van der Waals surface area contributed by atoms with Crippen LogP contribution < -0.4 is 10.6 Å². The van der Waals surface area contributed by atoms with Crippen molar-refractivity contribution in [1.29, 1.82) is 0 Å². The average molecular weight is 408 g/mol. The van der Waals surface area contributed by atoms with Gasteiger partial charge in [0.2, 0.25) is 0 Å². The highest BCUT2D eigenvalue weighted by Crippen LogP contribution is 2.43. The van der Waals surface area contributed by atoms with Crippen LogP contribution in [0, 0.1) is 5.82 Å². The highest BCUT2D eigenvalue weighted by atomic mass is 32.1. The molecule has 29 heavy (non-hydrogen) atoms. The molecule has 1 aromatic carbocycles. The minimum atomic E-state index is -0.560. The molecule has 146 valence electrons. The van der Waals surface area contributed by atoms with Gasteiger partial charge in [0.1, 0.15) is 5.82 Å². The number of primary amides is 1. The van der Waals surface area contributed by atoms with E-state index in [4.69, 9.17) is 5.73 Å². The van der Waals surface area contributed by atoms with Crippen LogP contribution in [0.1, 0.15) is 23.3 Å². The van der Waals surface area contributed by atoms with Crippen molar-refractivity contribution in [3.05, 3.63) is 66.5 Å². The average Bonchev–Trinajstić information content (AvgIpc) is 3.13. The van der Waals surface area contributed by atoms with Crippen molar-refractivity contribution in [3.8, 4) is 16.3 Å². The van der Waals surface area contributed by atoms with E-state index in [1.165, 1.54) is 23.5 Å². The number of carbonyl (C=O) groups is 1. The molecule has 3 N–H and O–H groups in total. The molecule has 0 saturated heterocycles. The fourth-order valence-electron chi connectivity index (χ4n) is 3.22. The van der Waals surface area contributed by atoms with Crippen LogP contribution >= 0.6 is 11.3 Å². The molecule has 7 nitrogen and oxygen atoms in total. The number of benzene rings is 1. The van der Waals surface area contributed by atoms with Gasteiger partial charge in [-0.15, -0.1) is 0 Å². The van der Waals surface area contributed by atoms with Crippen molar-refractivity contribution in [2.75, 3.05) is 4.90 Å². The van der Waals surface area contributed by atoms with E-state index in [1.807, 2.05) is 18.3 Å². The number of aromatic amines is 1. The summed E-state index contributed by atoms with van der Waals surface area (Å²) in [4.78, 5) is 22.5. The van der Waals surface area contributed by atoms with Gasteiger partial charge in [-0.2, -0.15) is 5.10 Å². The molecule has 0 unspecified atom stereocenters. The lowest BCUT2D eigenvalue weighted by molar-refractivity contribution is 0.0997. The van der Waals surface area contributed by atoms with Crippen molar-refractivity contribution in [3.63, 3.8) is 0 Å². The molecule has 0 radical (unpaired) electrons. The summed E-state index contributed by atoms with van der Waals surface area (Å²) >= 11 is 1.42. The Morgan fingerprint density at radius 3 is 2.72 bits per heavy atom. The lowest BCUT2D eigenvalue weighted by Crippen LogP contribution is -2.19. The maximum atomic E-state index is 13.2. The second-order valence-corrected chi connectivity index (χ2v) is 7.82. The number of carbonyl (C=O) groups excluding carboxylic acids is 1. The predicted octanol–water partition coefficient (Wildman–Crippen LogP) is 3.86. The minimum absolute atomic E-state index is 0.254. The molecule has 3 aromatic heterocycles. The van der Waals surface area contributed by atoms with Gasteiger partial charge in [0.25, 0.3) is 5.91 Å². The van der Waals surface area contributed by atoms with Crippen LogP contribution in [0.25, 0.3) is 16.3 Å². The third kappa shape index (κ3) is 3.29. The lowest BCUT2D eigenvalue weighted by atomic mass is 10.3. The molecule has 5 rings (SSSR count). The number of halogens is 1. The zero-order chi connectivity index (χ0) is 20.0. The summed E-state index contributed by atoms with van der Waals surface area (Å²) in [6, 6.07) is 10.2. The summed E-state index contributed by atoms with van der Waals surface area (Å²) in [6.07, 6.45) is 7.49. The van der Waals surface area contributed by atoms with Crippen molar-refractivity contribution in [2.45, 2.75) is 18.9 Å². The van der Waals surface area contributed by atoms with Crippen LogP contribution in [0.4, 0.5) is 15.2 Å². The van der Waals surface area contributed by atoms with Crippen LogP contribution in [0.2, 0.25) is 0 Å². The SMILES string of the molecule is NC(=O)c1nc(N(c2cnn(-c3ccc(F)cc3)c2)C2CC2)sc1-c1ccc[nH]1. The molecule has 1 fully saturated rings. The normalized spacial score (nSPS) is 13.6. The number of nitrogens with one attached hydrogen (secondary N) is 1. The molecule has 9 heteroatoms. The molecule has 3 heterocycles. The molecule has 0 aliphatic heterocycles. The van der Waals surface area contributed by atoms with Gasteiger partial charge >= 0.3 is 0 Å². The zero-order valence-corrected chi connectivity index (χ0v) is 16.1. The Labute approximate surface area is 169 Å². The summed E-state index contributed by atoms with van der Waals surface area (Å²) in [7, 11) is 0. The molecule has 4 aromatic rings. The monoisotopic (exact) mass is 408 g/mol. The van der Waals surface area contributed by atoms with Crippen molar-refractivity contribution in [1.82, 2.24) is 19.7 Å². The van der Waals surface area contributed by atoms with E-state index < -0.39 is 5.91 Å². The second kappa shape index (κ2) is 6.85. The van der Waals surface area contributed by atoms with E-state index >= 15 is 0 Å². The van der Waals surface area contributed by atoms with E-state index in [1.54, 1.807) is 29.2 Å². The molecule has 1 saturated carbocycles. The van der Waals surface area contributed by atoms with Crippen LogP contribution in [-0.4, -0.2) is 31.7 Å². The van der Waals surface area contributed by atoms with Crippen molar-refractivity contribution >= 4 is 28.1 Å². The van der Waals surface area contributed by atoms with E-state index in [2.05, 4.69) is 20.0 Å². The molecular weight excluding hydrogens is 391 g/mol. The maximum Gasteiger partial charge on any atom is 0.268 e. The number of hydrogen-bond acceptors (Lipinski definition) is 5.